The van der Waals surface area contributed by atoms with Gasteiger partial charge >= 0.3 is 0 Å². The highest BCUT2D eigenvalue weighted by Gasteiger charge is 2.20. The summed E-state index contributed by atoms with van der Waals surface area (Å²) in [5.41, 5.74) is 0.369. The van der Waals surface area contributed by atoms with E-state index in [1.807, 2.05) is 31.2 Å². The Balaban J connectivity index is 2.35. The molecule has 1 aromatic rings. The molecule has 3 heteroatoms. The molecule has 0 aliphatic heterocycles. The van der Waals surface area contributed by atoms with E-state index in [-0.39, 0.29) is 0 Å². The second-order valence-corrected chi connectivity index (χ2v) is 4.78. The molecule has 3 nitrogen and oxygen atoms in total. The quantitative estimate of drug-likeness (QED) is 0.714. The summed E-state index contributed by atoms with van der Waals surface area (Å²) in [5, 5.41) is 13.3. The number of ether oxygens (including phenoxy) is 1. The first kappa shape index (κ1) is 14.0. The molecule has 0 amide bonds. The molecule has 1 unspecified atom stereocenters. The first-order valence-corrected chi connectivity index (χ1v) is 6.16. The molecule has 96 valence electrons. The van der Waals surface area contributed by atoms with Crippen LogP contribution in [-0.2, 0) is 0 Å². The number of rotatable bonds is 7. The van der Waals surface area contributed by atoms with Crippen molar-refractivity contribution in [3.8, 4) is 5.75 Å². The maximum atomic E-state index is 10.1. The van der Waals surface area contributed by atoms with Crippen molar-refractivity contribution in [1.29, 1.82) is 0 Å². The Morgan fingerprint density at radius 2 is 1.94 bits per heavy atom. The zero-order valence-electron chi connectivity index (χ0n) is 11.0. The third-order valence-electron chi connectivity index (χ3n) is 2.50. The fourth-order valence-corrected chi connectivity index (χ4v) is 1.46. The monoisotopic (exact) mass is 237 g/mol. The molecule has 0 saturated carbocycles. The van der Waals surface area contributed by atoms with E-state index < -0.39 is 5.60 Å². The largest absolute Gasteiger partial charge is 0.491 e. The number of hydrogen-bond acceptors (Lipinski definition) is 3. The first-order chi connectivity index (χ1) is 8.03. The minimum atomic E-state index is -0.833. The molecule has 0 radical (unpaired) electrons. The lowest BCUT2D eigenvalue weighted by molar-refractivity contribution is 0.0125. The van der Waals surface area contributed by atoms with Crippen molar-refractivity contribution in [3.05, 3.63) is 29.8 Å². The Kier molecular flexibility index (Phi) is 5.45. The summed E-state index contributed by atoms with van der Waals surface area (Å²) in [6, 6.07) is 7.84. The van der Waals surface area contributed by atoms with Crippen LogP contribution in [0.4, 0.5) is 0 Å². The van der Waals surface area contributed by atoms with Crippen molar-refractivity contribution in [2.45, 2.75) is 32.8 Å². The van der Waals surface area contributed by atoms with E-state index in [0.29, 0.717) is 13.2 Å². The average Bonchev–Trinajstić information content (AvgIpc) is 2.29. The lowest BCUT2D eigenvalue weighted by Crippen LogP contribution is -2.43. The lowest BCUT2D eigenvalue weighted by atomic mass is 10.1. The zero-order valence-corrected chi connectivity index (χ0v) is 11.0. The standard InChI is InChI=1S/C14H23NO2/c1-4-9-15-10-14(3,16)11-17-13-7-5-12(2)6-8-13/h5-8,15-16H,4,9-11H2,1-3H3. The van der Waals surface area contributed by atoms with Crippen LogP contribution >= 0.6 is 0 Å². The Morgan fingerprint density at radius 1 is 1.29 bits per heavy atom. The molecular weight excluding hydrogens is 214 g/mol. The van der Waals surface area contributed by atoms with Gasteiger partial charge in [0.2, 0.25) is 0 Å². The van der Waals surface area contributed by atoms with Gasteiger partial charge in [-0.25, -0.2) is 0 Å². The minimum Gasteiger partial charge on any atom is -0.491 e. The van der Waals surface area contributed by atoms with Gasteiger partial charge in [-0.15, -0.1) is 0 Å². The van der Waals surface area contributed by atoms with Gasteiger partial charge in [-0.05, 0) is 38.9 Å². The smallest absolute Gasteiger partial charge is 0.119 e. The molecule has 2 N–H and O–H groups in total. The van der Waals surface area contributed by atoms with Gasteiger partial charge in [0.1, 0.15) is 18.0 Å². The Bertz CT molecular complexity index is 319. The van der Waals surface area contributed by atoms with E-state index in [2.05, 4.69) is 12.2 Å². The minimum absolute atomic E-state index is 0.298. The summed E-state index contributed by atoms with van der Waals surface area (Å²) in [4.78, 5) is 0. The fourth-order valence-electron chi connectivity index (χ4n) is 1.46. The molecule has 1 atom stereocenters. The second-order valence-electron chi connectivity index (χ2n) is 4.78. The van der Waals surface area contributed by atoms with Crippen molar-refractivity contribution in [3.63, 3.8) is 0 Å². The third kappa shape index (κ3) is 5.71. The Morgan fingerprint density at radius 3 is 2.53 bits per heavy atom. The van der Waals surface area contributed by atoms with Crippen LogP contribution in [0.25, 0.3) is 0 Å². The lowest BCUT2D eigenvalue weighted by Gasteiger charge is -2.23. The van der Waals surface area contributed by atoms with E-state index in [9.17, 15) is 5.11 Å². The summed E-state index contributed by atoms with van der Waals surface area (Å²) in [7, 11) is 0. The summed E-state index contributed by atoms with van der Waals surface area (Å²) < 4.78 is 5.57. The predicted octanol–water partition coefficient (Wildman–Crippen LogP) is 2.12. The maximum absolute atomic E-state index is 10.1. The van der Waals surface area contributed by atoms with Crippen LogP contribution in [0.1, 0.15) is 25.8 Å². The molecule has 0 bridgehead atoms. The predicted molar refractivity (Wildman–Crippen MR) is 70.5 cm³/mol. The highest BCUT2D eigenvalue weighted by atomic mass is 16.5. The van der Waals surface area contributed by atoms with Crippen LogP contribution in [0.3, 0.4) is 0 Å². The summed E-state index contributed by atoms with van der Waals surface area (Å²) in [6.07, 6.45) is 1.06. The summed E-state index contributed by atoms with van der Waals surface area (Å²) in [6.45, 7) is 7.68. The fraction of sp³-hybridized carbons (Fsp3) is 0.571. The molecule has 0 heterocycles. The molecule has 0 aliphatic carbocycles. The Hall–Kier alpha value is -1.06. The SMILES string of the molecule is CCCNCC(C)(O)COc1ccc(C)cc1. The normalized spacial score (nSPS) is 14.4. The molecule has 1 aromatic carbocycles. The highest BCUT2D eigenvalue weighted by Crippen LogP contribution is 2.13. The second kappa shape index (κ2) is 6.62. The number of benzene rings is 1. The van der Waals surface area contributed by atoms with E-state index in [1.54, 1.807) is 6.92 Å². The maximum Gasteiger partial charge on any atom is 0.119 e. The molecule has 17 heavy (non-hydrogen) atoms. The Labute approximate surface area is 104 Å². The molecular formula is C14H23NO2. The van der Waals surface area contributed by atoms with Crippen LogP contribution in [-0.4, -0.2) is 30.4 Å². The van der Waals surface area contributed by atoms with E-state index in [0.717, 1.165) is 18.7 Å². The van der Waals surface area contributed by atoms with Gasteiger partial charge < -0.3 is 15.2 Å². The number of aryl methyl sites for hydroxylation is 1. The molecule has 1 rings (SSSR count). The first-order valence-electron chi connectivity index (χ1n) is 6.16. The highest BCUT2D eigenvalue weighted by molar-refractivity contribution is 5.26. The van der Waals surface area contributed by atoms with Crippen molar-refractivity contribution >= 4 is 0 Å². The van der Waals surface area contributed by atoms with Crippen LogP contribution in [0.15, 0.2) is 24.3 Å². The van der Waals surface area contributed by atoms with Crippen molar-refractivity contribution in [2.75, 3.05) is 19.7 Å². The van der Waals surface area contributed by atoms with Crippen LogP contribution < -0.4 is 10.1 Å². The molecule has 0 spiro atoms. The number of nitrogens with one attached hydrogen (secondary N) is 1. The van der Waals surface area contributed by atoms with Crippen molar-refractivity contribution in [1.82, 2.24) is 5.32 Å². The van der Waals surface area contributed by atoms with Gasteiger partial charge in [-0.1, -0.05) is 24.6 Å². The van der Waals surface area contributed by atoms with Gasteiger partial charge in [0.25, 0.3) is 0 Å². The van der Waals surface area contributed by atoms with Gasteiger partial charge in [-0.2, -0.15) is 0 Å². The van der Waals surface area contributed by atoms with E-state index >= 15 is 0 Å². The van der Waals surface area contributed by atoms with Gasteiger partial charge in [0.15, 0.2) is 0 Å². The van der Waals surface area contributed by atoms with E-state index in [4.69, 9.17) is 4.74 Å². The van der Waals surface area contributed by atoms with Crippen LogP contribution in [0, 0.1) is 6.92 Å². The van der Waals surface area contributed by atoms with Crippen molar-refractivity contribution in [2.24, 2.45) is 0 Å². The van der Waals surface area contributed by atoms with Gasteiger partial charge in [0.05, 0.1) is 0 Å². The number of aliphatic hydroxyl groups is 1. The molecule has 0 saturated heterocycles. The van der Waals surface area contributed by atoms with Crippen molar-refractivity contribution < 1.29 is 9.84 Å². The van der Waals surface area contributed by atoms with E-state index in [1.165, 1.54) is 5.56 Å². The third-order valence-corrected chi connectivity index (χ3v) is 2.50. The zero-order chi connectivity index (χ0) is 12.7. The number of hydrogen-bond donors (Lipinski definition) is 2. The summed E-state index contributed by atoms with van der Waals surface area (Å²) in [5.74, 6) is 0.798. The molecule has 0 aromatic heterocycles. The van der Waals surface area contributed by atoms with Crippen LogP contribution in [0.2, 0.25) is 0 Å². The van der Waals surface area contributed by atoms with Gasteiger partial charge in [-0.3, -0.25) is 0 Å². The molecule has 0 aliphatic rings. The average molecular weight is 237 g/mol. The molecule has 0 fully saturated rings. The van der Waals surface area contributed by atoms with Gasteiger partial charge in [0, 0.05) is 6.54 Å². The topological polar surface area (TPSA) is 41.5 Å². The van der Waals surface area contributed by atoms with Crippen LogP contribution in [0.5, 0.6) is 5.75 Å². The summed E-state index contributed by atoms with van der Waals surface area (Å²) >= 11 is 0.